The van der Waals surface area contributed by atoms with E-state index in [1.165, 1.54) is 0 Å². The Kier molecular flexibility index (Phi) is 6.17. The van der Waals surface area contributed by atoms with Crippen LogP contribution >= 0.6 is 11.6 Å². The SMILES string of the molecule is CNC(CS(=O)Cc1ccc(Cl)cc1)C(C)C. The average Bonchev–Trinajstić information content (AvgIpc) is 2.28. The Labute approximate surface area is 111 Å². The molecule has 0 aliphatic rings. The van der Waals surface area contributed by atoms with Gasteiger partial charge in [0.2, 0.25) is 0 Å². The fourth-order valence-electron chi connectivity index (χ4n) is 1.63. The Morgan fingerprint density at radius 1 is 1.29 bits per heavy atom. The minimum atomic E-state index is -0.834. The highest BCUT2D eigenvalue weighted by atomic mass is 35.5. The normalized spacial score (nSPS) is 14.9. The third kappa shape index (κ3) is 5.19. The average molecular weight is 274 g/mol. The molecule has 17 heavy (non-hydrogen) atoms. The molecule has 0 radical (unpaired) electrons. The number of benzene rings is 1. The van der Waals surface area contributed by atoms with Crippen LogP contribution in [0.4, 0.5) is 0 Å². The van der Waals surface area contributed by atoms with Gasteiger partial charge in [0.15, 0.2) is 0 Å². The van der Waals surface area contributed by atoms with E-state index in [0.717, 1.165) is 10.6 Å². The summed E-state index contributed by atoms with van der Waals surface area (Å²) in [6.07, 6.45) is 0. The number of hydrogen-bond donors (Lipinski definition) is 1. The van der Waals surface area contributed by atoms with E-state index in [9.17, 15) is 4.21 Å². The predicted octanol–water partition coefficient (Wildman–Crippen LogP) is 2.83. The molecule has 1 aromatic carbocycles. The van der Waals surface area contributed by atoms with Crippen molar-refractivity contribution in [2.75, 3.05) is 12.8 Å². The summed E-state index contributed by atoms with van der Waals surface area (Å²) < 4.78 is 12.0. The minimum absolute atomic E-state index is 0.308. The molecule has 2 nitrogen and oxygen atoms in total. The molecule has 0 saturated carbocycles. The van der Waals surface area contributed by atoms with Gasteiger partial charge >= 0.3 is 0 Å². The van der Waals surface area contributed by atoms with Crippen LogP contribution in [0, 0.1) is 5.92 Å². The Morgan fingerprint density at radius 2 is 1.88 bits per heavy atom. The van der Waals surface area contributed by atoms with Crippen molar-refractivity contribution in [3.05, 3.63) is 34.9 Å². The number of hydrogen-bond acceptors (Lipinski definition) is 2. The van der Waals surface area contributed by atoms with E-state index in [4.69, 9.17) is 11.6 Å². The van der Waals surface area contributed by atoms with Gasteiger partial charge in [0.1, 0.15) is 0 Å². The quantitative estimate of drug-likeness (QED) is 0.864. The molecular weight excluding hydrogens is 254 g/mol. The first-order valence-corrected chi connectivity index (χ1v) is 7.66. The highest BCUT2D eigenvalue weighted by molar-refractivity contribution is 7.84. The summed E-state index contributed by atoms with van der Waals surface area (Å²) in [5.74, 6) is 1.79. The maximum Gasteiger partial charge on any atom is 0.0486 e. The van der Waals surface area contributed by atoms with Crippen LogP contribution in [0.15, 0.2) is 24.3 Å². The van der Waals surface area contributed by atoms with Crippen molar-refractivity contribution in [3.63, 3.8) is 0 Å². The monoisotopic (exact) mass is 273 g/mol. The van der Waals surface area contributed by atoms with Crippen LogP contribution < -0.4 is 5.32 Å². The van der Waals surface area contributed by atoms with Crippen LogP contribution in [0.2, 0.25) is 5.02 Å². The second kappa shape index (κ2) is 7.14. The molecule has 2 unspecified atom stereocenters. The molecule has 96 valence electrons. The first-order chi connectivity index (χ1) is 8.02. The lowest BCUT2D eigenvalue weighted by atomic mass is 10.1. The van der Waals surface area contributed by atoms with Crippen LogP contribution in [0.3, 0.4) is 0 Å². The molecular formula is C13H20ClNOS. The lowest BCUT2D eigenvalue weighted by Crippen LogP contribution is -2.36. The fraction of sp³-hybridized carbons (Fsp3) is 0.538. The smallest absolute Gasteiger partial charge is 0.0486 e. The zero-order valence-electron chi connectivity index (χ0n) is 10.6. The van der Waals surface area contributed by atoms with Gasteiger partial charge in [0.25, 0.3) is 0 Å². The number of halogens is 1. The van der Waals surface area contributed by atoms with Crippen LogP contribution in [-0.4, -0.2) is 23.1 Å². The molecule has 1 N–H and O–H groups in total. The van der Waals surface area contributed by atoms with E-state index in [2.05, 4.69) is 19.2 Å². The van der Waals surface area contributed by atoms with Gasteiger partial charge in [-0.05, 0) is 30.7 Å². The van der Waals surface area contributed by atoms with Gasteiger partial charge in [0.05, 0.1) is 0 Å². The standard InChI is InChI=1S/C13H20ClNOS/c1-10(2)13(15-3)9-17(16)8-11-4-6-12(14)7-5-11/h4-7,10,13,15H,8-9H2,1-3H3. The van der Waals surface area contributed by atoms with E-state index < -0.39 is 10.8 Å². The molecule has 0 amide bonds. The second-order valence-corrected chi connectivity index (χ2v) is 6.45. The summed E-state index contributed by atoms with van der Waals surface area (Å²) in [7, 11) is 1.09. The Hall–Kier alpha value is -0.380. The van der Waals surface area contributed by atoms with Gasteiger partial charge in [-0.15, -0.1) is 0 Å². The van der Waals surface area contributed by atoms with Crippen molar-refractivity contribution in [1.82, 2.24) is 5.32 Å². The topological polar surface area (TPSA) is 29.1 Å². The summed E-state index contributed by atoms with van der Waals surface area (Å²) in [6, 6.07) is 7.86. The van der Waals surface area contributed by atoms with Crippen molar-refractivity contribution in [2.24, 2.45) is 5.92 Å². The summed E-state index contributed by atoms with van der Waals surface area (Å²) in [4.78, 5) is 0. The largest absolute Gasteiger partial charge is 0.316 e. The van der Waals surface area contributed by atoms with Crippen molar-refractivity contribution in [3.8, 4) is 0 Å². The summed E-state index contributed by atoms with van der Waals surface area (Å²) >= 11 is 5.81. The highest BCUT2D eigenvalue weighted by Gasteiger charge is 2.14. The van der Waals surface area contributed by atoms with Gasteiger partial charge in [-0.2, -0.15) is 0 Å². The molecule has 0 aliphatic carbocycles. The lowest BCUT2D eigenvalue weighted by molar-refractivity contribution is 0.461. The zero-order valence-corrected chi connectivity index (χ0v) is 12.1. The Balaban J connectivity index is 2.52. The first-order valence-electron chi connectivity index (χ1n) is 5.79. The third-order valence-electron chi connectivity index (χ3n) is 2.78. The van der Waals surface area contributed by atoms with Gasteiger partial charge in [-0.1, -0.05) is 37.6 Å². The second-order valence-electron chi connectivity index (χ2n) is 4.52. The molecule has 0 saturated heterocycles. The number of nitrogens with one attached hydrogen (secondary N) is 1. The summed E-state index contributed by atoms with van der Waals surface area (Å²) in [6.45, 7) is 4.28. The molecule has 2 atom stereocenters. The molecule has 4 heteroatoms. The van der Waals surface area contributed by atoms with Crippen LogP contribution in [0.1, 0.15) is 19.4 Å². The molecule has 0 aliphatic heterocycles. The molecule has 1 aromatic rings. The molecule has 1 rings (SSSR count). The van der Waals surface area contributed by atoms with E-state index in [-0.39, 0.29) is 0 Å². The first kappa shape index (κ1) is 14.7. The highest BCUT2D eigenvalue weighted by Crippen LogP contribution is 2.12. The number of rotatable bonds is 6. The van der Waals surface area contributed by atoms with Gasteiger partial charge < -0.3 is 5.32 Å². The van der Waals surface area contributed by atoms with Crippen LogP contribution in [0.5, 0.6) is 0 Å². The molecule has 0 aromatic heterocycles. The lowest BCUT2D eigenvalue weighted by Gasteiger charge is -2.19. The summed E-state index contributed by atoms with van der Waals surface area (Å²) in [5, 5.41) is 3.93. The maximum absolute atomic E-state index is 12.0. The van der Waals surface area contributed by atoms with Crippen molar-refractivity contribution in [2.45, 2.75) is 25.6 Å². The molecule has 0 fully saturated rings. The van der Waals surface area contributed by atoms with Crippen molar-refractivity contribution < 1.29 is 4.21 Å². The van der Waals surface area contributed by atoms with E-state index in [1.54, 1.807) is 0 Å². The summed E-state index contributed by atoms with van der Waals surface area (Å²) in [5.41, 5.74) is 1.08. The van der Waals surface area contributed by atoms with Crippen molar-refractivity contribution in [1.29, 1.82) is 0 Å². The minimum Gasteiger partial charge on any atom is -0.316 e. The zero-order chi connectivity index (χ0) is 12.8. The Morgan fingerprint density at radius 3 is 2.35 bits per heavy atom. The van der Waals surface area contributed by atoms with E-state index in [1.807, 2.05) is 31.3 Å². The van der Waals surface area contributed by atoms with Crippen LogP contribution in [-0.2, 0) is 16.6 Å². The third-order valence-corrected chi connectivity index (χ3v) is 4.42. The van der Waals surface area contributed by atoms with Crippen molar-refractivity contribution >= 4 is 22.4 Å². The molecule has 0 bridgehead atoms. The van der Waals surface area contributed by atoms with Gasteiger partial charge in [-0.25, -0.2) is 0 Å². The van der Waals surface area contributed by atoms with E-state index in [0.29, 0.717) is 23.5 Å². The van der Waals surface area contributed by atoms with E-state index >= 15 is 0 Å². The fourth-order valence-corrected chi connectivity index (χ4v) is 3.40. The maximum atomic E-state index is 12.0. The van der Waals surface area contributed by atoms with Gasteiger partial charge in [-0.3, -0.25) is 4.21 Å². The Bertz CT molecular complexity index is 364. The van der Waals surface area contributed by atoms with Crippen LogP contribution in [0.25, 0.3) is 0 Å². The molecule has 0 spiro atoms. The van der Waals surface area contributed by atoms with Gasteiger partial charge in [0, 0.05) is 33.4 Å². The molecule has 0 heterocycles. The predicted molar refractivity (Wildman–Crippen MR) is 75.9 cm³/mol.